The molecule has 0 atom stereocenters. The second-order valence-corrected chi connectivity index (χ2v) is 12.5. The van der Waals surface area contributed by atoms with E-state index < -0.39 is 8.32 Å². The molecule has 0 N–H and O–H groups in total. The van der Waals surface area contributed by atoms with E-state index in [4.69, 9.17) is 4.43 Å². The molecule has 0 aliphatic heterocycles. The fourth-order valence-corrected chi connectivity index (χ4v) is 8.32. The largest absolute Gasteiger partial charge is 0.407 e. The molecule has 0 bridgehead atoms. The van der Waals surface area contributed by atoms with Gasteiger partial charge < -0.3 is 9.22 Å². The van der Waals surface area contributed by atoms with Gasteiger partial charge in [0.05, 0.1) is 0 Å². The van der Waals surface area contributed by atoms with Crippen LogP contribution in [0.4, 0.5) is 0 Å². The van der Waals surface area contributed by atoms with Gasteiger partial charge in [-0.2, -0.15) is 0 Å². The SMILES string of the molecule is CC(C)(C)[Si](OCCC1(C=O)CC1)(c1ccccc1)c1ccccc1. The summed E-state index contributed by atoms with van der Waals surface area (Å²) >= 11 is 0. The molecule has 0 aromatic heterocycles. The molecule has 25 heavy (non-hydrogen) atoms. The second-order valence-electron chi connectivity index (χ2n) is 8.24. The monoisotopic (exact) mass is 352 g/mol. The summed E-state index contributed by atoms with van der Waals surface area (Å²) in [6.45, 7) is 7.50. The minimum atomic E-state index is -2.45. The van der Waals surface area contributed by atoms with Gasteiger partial charge in [-0.1, -0.05) is 81.4 Å². The first-order valence-electron chi connectivity index (χ1n) is 9.15. The van der Waals surface area contributed by atoms with Crippen molar-refractivity contribution in [2.45, 2.75) is 45.1 Å². The Hall–Kier alpha value is -1.71. The summed E-state index contributed by atoms with van der Waals surface area (Å²) in [5.74, 6) is 0. The summed E-state index contributed by atoms with van der Waals surface area (Å²) in [6.07, 6.45) is 4.00. The highest BCUT2D eigenvalue weighted by Gasteiger charge is 2.51. The van der Waals surface area contributed by atoms with Gasteiger partial charge >= 0.3 is 0 Å². The maximum atomic E-state index is 11.3. The predicted molar refractivity (Wildman–Crippen MR) is 106 cm³/mol. The lowest BCUT2D eigenvalue weighted by molar-refractivity contribution is -0.112. The molecular weight excluding hydrogens is 324 g/mol. The normalized spacial score (nSPS) is 16.4. The Kier molecular flexibility index (Phi) is 4.98. The highest BCUT2D eigenvalue weighted by Crippen LogP contribution is 2.47. The van der Waals surface area contributed by atoms with Gasteiger partial charge in [-0.25, -0.2) is 0 Å². The Balaban J connectivity index is 2.01. The Labute approximate surface area is 152 Å². The van der Waals surface area contributed by atoms with Crippen LogP contribution in [0.25, 0.3) is 0 Å². The topological polar surface area (TPSA) is 26.3 Å². The molecule has 0 spiro atoms. The van der Waals surface area contributed by atoms with E-state index in [1.807, 2.05) is 0 Å². The number of carbonyl (C=O) groups excluding carboxylic acids is 1. The van der Waals surface area contributed by atoms with Crippen LogP contribution in [0.3, 0.4) is 0 Å². The van der Waals surface area contributed by atoms with Crippen molar-refractivity contribution >= 4 is 25.0 Å². The van der Waals surface area contributed by atoms with Crippen LogP contribution >= 0.6 is 0 Å². The number of hydrogen-bond acceptors (Lipinski definition) is 2. The highest BCUT2D eigenvalue weighted by molar-refractivity contribution is 6.99. The summed E-state index contributed by atoms with van der Waals surface area (Å²) in [5.41, 5.74) is -0.106. The van der Waals surface area contributed by atoms with Crippen molar-refractivity contribution < 1.29 is 9.22 Å². The van der Waals surface area contributed by atoms with Gasteiger partial charge in [-0.05, 0) is 34.7 Å². The summed E-state index contributed by atoms with van der Waals surface area (Å²) in [7, 11) is -2.45. The Morgan fingerprint density at radius 1 is 0.960 bits per heavy atom. The van der Waals surface area contributed by atoms with Crippen LogP contribution in [0.5, 0.6) is 0 Å². The first-order chi connectivity index (χ1) is 11.9. The average Bonchev–Trinajstić information content (AvgIpc) is 3.40. The molecule has 0 saturated heterocycles. The van der Waals surface area contributed by atoms with E-state index in [1.54, 1.807) is 0 Å². The Morgan fingerprint density at radius 2 is 1.44 bits per heavy atom. The van der Waals surface area contributed by atoms with Crippen molar-refractivity contribution in [1.29, 1.82) is 0 Å². The van der Waals surface area contributed by atoms with Gasteiger partial charge in [0.1, 0.15) is 6.29 Å². The smallest absolute Gasteiger partial charge is 0.261 e. The standard InChI is InChI=1S/C22H28O2Si/c1-21(2,3)25(19-10-6-4-7-11-19,20-12-8-5-9-13-20)24-17-16-22(18-23)14-15-22/h4-13,18H,14-17H2,1-3H3. The quantitative estimate of drug-likeness (QED) is 0.557. The lowest BCUT2D eigenvalue weighted by Crippen LogP contribution is -2.66. The van der Waals surface area contributed by atoms with Crippen LogP contribution in [0.1, 0.15) is 40.0 Å². The fraction of sp³-hybridized carbons (Fsp3) is 0.409. The average molecular weight is 353 g/mol. The second kappa shape index (κ2) is 6.89. The van der Waals surface area contributed by atoms with E-state index in [-0.39, 0.29) is 10.5 Å². The number of benzene rings is 2. The van der Waals surface area contributed by atoms with Crippen molar-refractivity contribution in [1.82, 2.24) is 0 Å². The summed E-state index contributed by atoms with van der Waals surface area (Å²) in [4.78, 5) is 11.3. The van der Waals surface area contributed by atoms with E-state index in [9.17, 15) is 4.79 Å². The van der Waals surface area contributed by atoms with Crippen LogP contribution in [0.2, 0.25) is 5.04 Å². The molecule has 0 heterocycles. The summed E-state index contributed by atoms with van der Waals surface area (Å²) in [5, 5.41) is 2.59. The predicted octanol–water partition coefficient (Wildman–Crippen LogP) is 3.93. The number of carbonyl (C=O) groups is 1. The molecule has 0 radical (unpaired) electrons. The van der Waals surface area contributed by atoms with Gasteiger partial charge in [-0.3, -0.25) is 0 Å². The fourth-order valence-electron chi connectivity index (χ4n) is 3.76. The van der Waals surface area contributed by atoms with E-state index in [2.05, 4.69) is 81.4 Å². The van der Waals surface area contributed by atoms with Crippen LogP contribution in [0, 0.1) is 5.41 Å². The molecular formula is C22H28O2Si. The minimum Gasteiger partial charge on any atom is -0.407 e. The summed E-state index contributed by atoms with van der Waals surface area (Å²) < 4.78 is 6.82. The Bertz CT molecular complexity index is 660. The molecule has 0 unspecified atom stereocenters. The zero-order chi connectivity index (χ0) is 18.0. The van der Waals surface area contributed by atoms with Crippen molar-refractivity contribution in [2.24, 2.45) is 5.41 Å². The van der Waals surface area contributed by atoms with E-state index in [0.29, 0.717) is 6.61 Å². The zero-order valence-corrected chi connectivity index (χ0v) is 16.5. The number of aldehydes is 1. The third-order valence-corrected chi connectivity index (χ3v) is 10.5. The van der Waals surface area contributed by atoms with Gasteiger partial charge in [0, 0.05) is 12.0 Å². The maximum Gasteiger partial charge on any atom is 0.261 e. The third-order valence-electron chi connectivity index (χ3n) is 5.48. The molecule has 1 saturated carbocycles. The number of rotatable bonds is 7. The van der Waals surface area contributed by atoms with Crippen molar-refractivity contribution in [2.75, 3.05) is 6.61 Å². The van der Waals surface area contributed by atoms with Gasteiger partial charge in [0.15, 0.2) is 0 Å². The van der Waals surface area contributed by atoms with E-state index in [0.717, 1.165) is 25.5 Å². The van der Waals surface area contributed by atoms with Gasteiger partial charge in [-0.15, -0.1) is 0 Å². The molecule has 1 aliphatic rings. The van der Waals surface area contributed by atoms with E-state index >= 15 is 0 Å². The molecule has 2 aromatic rings. The molecule has 2 aromatic carbocycles. The van der Waals surface area contributed by atoms with Crippen molar-refractivity contribution in [3.63, 3.8) is 0 Å². The number of hydrogen-bond donors (Lipinski definition) is 0. The maximum absolute atomic E-state index is 11.3. The van der Waals surface area contributed by atoms with Crippen molar-refractivity contribution in [3.05, 3.63) is 60.7 Å². The van der Waals surface area contributed by atoms with E-state index in [1.165, 1.54) is 10.4 Å². The zero-order valence-electron chi connectivity index (χ0n) is 15.5. The van der Waals surface area contributed by atoms with Crippen LogP contribution in [0.15, 0.2) is 60.7 Å². The minimum absolute atomic E-state index is 0.00635. The first-order valence-corrected chi connectivity index (χ1v) is 11.1. The van der Waals surface area contributed by atoms with Crippen LogP contribution in [-0.4, -0.2) is 21.2 Å². The molecule has 0 amide bonds. The molecule has 132 valence electrons. The molecule has 3 rings (SSSR count). The molecule has 2 nitrogen and oxygen atoms in total. The first kappa shape index (κ1) is 18.1. The lowest BCUT2D eigenvalue weighted by Gasteiger charge is -2.43. The van der Waals surface area contributed by atoms with Crippen LogP contribution < -0.4 is 10.4 Å². The van der Waals surface area contributed by atoms with Crippen LogP contribution in [-0.2, 0) is 9.22 Å². The summed E-state index contributed by atoms with van der Waals surface area (Å²) in [6, 6.07) is 21.3. The van der Waals surface area contributed by atoms with Gasteiger partial charge in [0.2, 0.25) is 0 Å². The third kappa shape index (κ3) is 3.49. The molecule has 1 aliphatic carbocycles. The Morgan fingerprint density at radius 3 is 1.80 bits per heavy atom. The van der Waals surface area contributed by atoms with Crippen molar-refractivity contribution in [3.8, 4) is 0 Å². The van der Waals surface area contributed by atoms with Gasteiger partial charge in [0.25, 0.3) is 8.32 Å². The highest BCUT2D eigenvalue weighted by atomic mass is 28.4. The lowest BCUT2D eigenvalue weighted by atomic mass is 10.1. The molecule has 3 heteroatoms. The molecule has 1 fully saturated rings.